The number of sulfonamides is 1. The number of nitrogens with zero attached hydrogens (tertiary/aromatic N) is 1. The van der Waals surface area contributed by atoms with Gasteiger partial charge in [0, 0.05) is 5.56 Å². The molecule has 1 atom stereocenters. The molecule has 0 saturated heterocycles. The number of aliphatic hydroxyl groups is 1. The molecule has 0 spiro atoms. The van der Waals surface area contributed by atoms with Gasteiger partial charge in [-0.05, 0) is 80.0 Å². The summed E-state index contributed by atoms with van der Waals surface area (Å²) in [5.41, 5.74) is 3.11. The van der Waals surface area contributed by atoms with Crippen LogP contribution in [0.25, 0.3) is 11.1 Å². The van der Waals surface area contributed by atoms with Gasteiger partial charge in [0.25, 0.3) is 5.91 Å². The van der Waals surface area contributed by atoms with E-state index < -0.39 is 33.7 Å². The summed E-state index contributed by atoms with van der Waals surface area (Å²) in [5, 5.41) is 10.7. The van der Waals surface area contributed by atoms with Gasteiger partial charge < -0.3 is 19.5 Å². The van der Waals surface area contributed by atoms with E-state index in [1.165, 1.54) is 4.90 Å². The lowest BCUT2D eigenvalue weighted by atomic mass is 9.89. The Kier molecular flexibility index (Phi) is 10.7. The van der Waals surface area contributed by atoms with Crippen molar-refractivity contribution in [2.45, 2.75) is 64.1 Å². The molecule has 1 saturated carbocycles. The smallest absolute Gasteiger partial charge is 0.410 e. The van der Waals surface area contributed by atoms with Crippen LogP contribution in [0.2, 0.25) is 0 Å². The van der Waals surface area contributed by atoms with Gasteiger partial charge >= 0.3 is 6.09 Å². The van der Waals surface area contributed by atoms with Gasteiger partial charge in [0.1, 0.15) is 18.0 Å². The topological polar surface area (TPSA) is 122 Å². The summed E-state index contributed by atoms with van der Waals surface area (Å²) in [4.78, 5) is 27.1. The molecule has 1 aliphatic rings. The minimum Gasteiger partial charge on any atom is -0.492 e. The predicted octanol–water partition coefficient (Wildman–Crippen LogP) is 6.05. The summed E-state index contributed by atoms with van der Waals surface area (Å²) in [6.45, 7) is 5.84. The highest BCUT2D eigenvalue weighted by Gasteiger charge is 2.26. The summed E-state index contributed by atoms with van der Waals surface area (Å²) >= 11 is 0. The third kappa shape index (κ3) is 9.56. The summed E-state index contributed by atoms with van der Waals surface area (Å²) in [6, 6.07) is 22.2. The van der Waals surface area contributed by atoms with Crippen LogP contribution in [0.5, 0.6) is 5.75 Å². The van der Waals surface area contributed by atoms with Crippen LogP contribution in [-0.4, -0.2) is 62.0 Å². The Labute approximate surface area is 260 Å². The van der Waals surface area contributed by atoms with E-state index in [1.54, 1.807) is 26.8 Å². The molecule has 0 unspecified atom stereocenters. The van der Waals surface area contributed by atoms with Gasteiger partial charge in [-0.2, -0.15) is 0 Å². The third-order valence-electron chi connectivity index (χ3n) is 7.42. The summed E-state index contributed by atoms with van der Waals surface area (Å²) in [7, 11) is -3.68. The first-order valence-corrected chi connectivity index (χ1v) is 16.8. The standard InChI is InChI=1S/C34H42N2O7S/c1-34(2,3)43-33(39)36(23-31(37)26-12-6-5-7-13-26)20-21-42-28-17-14-24(15-18-28)27-16-19-29(32(38)35-44(4,40)41)30(22-27)25-10-8-9-11-25/h5-7,12-19,22,25,31,37H,8-11,20-21,23H2,1-4H3,(H,35,38)/t31-/m0/s1. The van der Waals surface area contributed by atoms with E-state index in [0.29, 0.717) is 16.9 Å². The molecule has 1 fully saturated rings. The van der Waals surface area contributed by atoms with Crippen molar-refractivity contribution in [3.8, 4) is 16.9 Å². The van der Waals surface area contributed by atoms with Gasteiger partial charge in [-0.1, -0.05) is 67.4 Å². The van der Waals surface area contributed by atoms with Crippen LogP contribution in [0.4, 0.5) is 4.79 Å². The zero-order valence-corrected chi connectivity index (χ0v) is 26.6. The number of rotatable bonds is 11. The van der Waals surface area contributed by atoms with Crippen LogP contribution in [0.15, 0.2) is 72.8 Å². The molecule has 3 aromatic carbocycles. The first kappa shape index (κ1) is 33.0. The zero-order valence-electron chi connectivity index (χ0n) is 25.8. The Balaban J connectivity index is 1.44. The molecule has 10 heteroatoms. The molecule has 0 aliphatic heterocycles. The highest BCUT2D eigenvalue weighted by molar-refractivity contribution is 7.89. The number of carbonyl (C=O) groups excluding carboxylic acids is 2. The largest absolute Gasteiger partial charge is 0.492 e. The van der Waals surface area contributed by atoms with Crippen molar-refractivity contribution < 1.29 is 32.6 Å². The highest BCUT2D eigenvalue weighted by Crippen LogP contribution is 2.38. The maximum Gasteiger partial charge on any atom is 0.410 e. The summed E-state index contributed by atoms with van der Waals surface area (Å²) < 4.78 is 37.0. The second kappa shape index (κ2) is 14.3. The fraction of sp³-hybridized carbons (Fsp3) is 0.412. The van der Waals surface area contributed by atoms with E-state index in [-0.39, 0.29) is 25.6 Å². The fourth-order valence-corrected chi connectivity index (χ4v) is 5.78. The molecular weight excluding hydrogens is 580 g/mol. The van der Waals surface area contributed by atoms with Gasteiger partial charge in [0.05, 0.1) is 25.4 Å². The quantitative estimate of drug-likeness (QED) is 0.267. The third-order valence-corrected chi connectivity index (χ3v) is 7.97. The number of nitrogens with one attached hydrogen (secondary N) is 1. The van der Waals surface area contributed by atoms with Crippen LogP contribution in [0.1, 0.15) is 80.0 Å². The zero-order chi connectivity index (χ0) is 31.9. The van der Waals surface area contributed by atoms with E-state index in [0.717, 1.165) is 48.6 Å². The minimum atomic E-state index is -3.68. The van der Waals surface area contributed by atoms with Crippen LogP contribution >= 0.6 is 0 Å². The minimum absolute atomic E-state index is 0.0583. The molecule has 0 bridgehead atoms. The Morgan fingerprint density at radius 2 is 1.61 bits per heavy atom. The average molecular weight is 623 g/mol. The molecule has 44 heavy (non-hydrogen) atoms. The molecule has 0 aromatic heterocycles. The van der Waals surface area contributed by atoms with E-state index >= 15 is 0 Å². The summed E-state index contributed by atoms with van der Waals surface area (Å²) in [5.74, 6) is 0.203. The lowest BCUT2D eigenvalue weighted by molar-refractivity contribution is 0.0117. The van der Waals surface area contributed by atoms with Crippen LogP contribution in [0, 0.1) is 0 Å². The fourth-order valence-electron chi connectivity index (χ4n) is 5.34. The van der Waals surface area contributed by atoms with Gasteiger partial charge in [-0.15, -0.1) is 0 Å². The van der Waals surface area contributed by atoms with E-state index in [1.807, 2.05) is 66.7 Å². The molecule has 2 amide bonds. The van der Waals surface area contributed by atoms with E-state index in [4.69, 9.17) is 9.47 Å². The maximum atomic E-state index is 12.9. The number of aliphatic hydroxyl groups excluding tert-OH is 1. The van der Waals surface area contributed by atoms with Crippen molar-refractivity contribution in [1.82, 2.24) is 9.62 Å². The molecule has 236 valence electrons. The Hall–Kier alpha value is -3.89. The summed E-state index contributed by atoms with van der Waals surface area (Å²) in [6.07, 6.45) is 3.63. The molecular formula is C34H42N2O7S. The molecule has 4 rings (SSSR count). The normalized spacial score (nSPS) is 14.6. The highest BCUT2D eigenvalue weighted by atomic mass is 32.2. The SMILES string of the molecule is CC(C)(C)OC(=O)N(CCOc1ccc(-c2ccc(C(=O)NS(C)(=O)=O)c(C3CCCC3)c2)cc1)C[C@H](O)c1ccccc1. The number of hydrogen-bond acceptors (Lipinski definition) is 7. The molecule has 0 radical (unpaired) electrons. The molecule has 1 aliphatic carbocycles. The van der Waals surface area contributed by atoms with Crippen molar-refractivity contribution in [3.05, 3.63) is 89.5 Å². The molecule has 2 N–H and O–H groups in total. The van der Waals surface area contributed by atoms with Crippen molar-refractivity contribution >= 4 is 22.0 Å². The van der Waals surface area contributed by atoms with Crippen molar-refractivity contribution in [2.24, 2.45) is 0 Å². The van der Waals surface area contributed by atoms with Crippen LogP contribution in [0.3, 0.4) is 0 Å². The lowest BCUT2D eigenvalue weighted by Crippen LogP contribution is -2.41. The van der Waals surface area contributed by atoms with Crippen molar-refractivity contribution in [1.29, 1.82) is 0 Å². The molecule has 0 heterocycles. The number of amides is 2. The van der Waals surface area contributed by atoms with Crippen LogP contribution in [-0.2, 0) is 14.8 Å². The van der Waals surface area contributed by atoms with E-state index in [9.17, 15) is 23.1 Å². The van der Waals surface area contributed by atoms with Gasteiger partial charge in [0.15, 0.2) is 0 Å². The van der Waals surface area contributed by atoms with Gasteiger partial charge in [-0.25, -0.2) is 17.9 Å². The number of ether oxygens (including phenoxy) is 2. The maximum absolute atomic E-state index is 12.9. The number of carbonyl (C=O) groups is 2. The molecule has 3 aromatic rings. The van der Waals surface area contributed by atoms with Gasteiger partial charge in [-0.3, -0.25) is 4.79 Å². The Morgan fingerprint density at radius 1 is 0.977 bits per heavy atom. The van der Waals surface area contributed by atoms with Crippen molar-refractivity contribution in [3.63, 3.8) is 0 Å². The number of hydrogen-bond donors (Lipinski definition) is 2. The first-order chi connectivity index (χ1) is 20.8. The van der Waals surface area contributed by atoms with Crippen molar-refractivity contribution in [2.75, 3.05) is 26.0 Å². The second-order valence-electron chi connectivity index (χ2n) is 12.2. The van der Waals surface area contributed by atoms with Gasteiger partial charge in [0.2, 0.25) is 10.0 Å². The molecule has 9 nitrogen and oxygen atoms in total. The average Bonchev–Trinajstić information content (AvgIpc) is 3.50. The predicted molar refractivity (Wildman–Crippen MR) is 170 cm³/mol. The lowest BCUT2D eigenvalue weighted by Gasteiger charge is -2.29. The Morgan fingerprint density at radius 3 is 2.23 bits per heavy atom. The van der Waals surface area contributed by atoms with Crippen LogP contribution < -0.4 is 9.46 Å². The monoisotopic (exact) mass is 622 g/mol. The first-order valence-electron chi connectivity index (χ1n) is 14.9. The number of benzene rings is 3. The Bertz CT molecular complexity index is 1530. The van der Waals surface area contributed by atoms with E-state index in [2.05, 4.69) is 4.72 Å². The second-order valence-corrected chi connectivity index (χ2v) is 14.0.